The number of aromatic nitrogens is 2. The number of nitrogens with zero attached hydrogens (tertiary/aromatic N) is 4. The number of furan rings is 1. The Bertz CT molecular complexity index is 1080. The van der Waals surface area contributed by atoms with Gasteiger partial charge in [-0.2, -0.15) is 13.1 Å². The van der Waals surface area contributed by atoms with Gasteiger partial charge in [0.1, 0.15) is 21.7 Å². The first kappa shape index (κ1) is 17.8. The van der Waals surface area contributed by atoms with Crippen LogP contribution in [0.25, 0.3) is 17.1 Å². The number of amides is 1. The molecule has 0 unspecified atom stereocenters. The van der Waals surface area contributed by atoms with Gasteiger partial charge in [-0.25, -0.2) is 8.42 Å². The minimum atomic E-state index is -3.69. The number of benzene rings is 1. The van der Waals surface area contributed by atoms with Crippen LogP contribution in [0.3, 0.4) is 0 Å². The smallest absolute Gasteiger partial charge is 0.246 e. The summed E-state index contributed by atoms with van der Waals surface area (Å²) < 4.78 is 40.7. The second-order valence-electron chi connectivity index (χ2n) is 5.97. The van der Waals surface area contributed by atoms with E-state index in [0.29, 0.717) is 29.9 Å². The first-order valence-electron chi connectivity index (χ1n) is 8.27. The average Bonchev–Trinajstić information content (AvgIpc) is 3.37. The largest absolute Gasteiger partial charge is 0.465 e. The Morgan fingerprint density at radius 1 is 1.11 bits per heavy atom. The Kier molecular flexibility index (Phi) is 4.77. The molecule has 0 aliphatic carbocycles. The zero-order valence-electron chi connectivity index (χ0n) is 14.2. The lowest BCUT2D eigenvalue weighted by Crippen LogP contribution is -2.50. The van der Waals surface area contributed by atoms with Crippen molar-refractivity contribution in [2.45, 2.75) is 4.90 Å². The van der Waals surface area contributed by atoms with E-state index in [1.54, 1.807) is 41.3 Å². The van der Waals surface area contributed by atoms with E-state index in [-0.39, 0.29) is 23.9 Å². The van der Waals surface area contributed by atoms with E-state index in [1.807, 2.05) is 0 Å². The van der Waals surface area contributed by atoms with Crippen LogP contribution in [0.5, 0.6) is 0 Å². The predicted octanol–water partition coefficient (Wildman–Crippen LogP) is 1.83. The number of fused-ring (bicyclic) bond motifs is 1. The van der Waals surface area contributed by atoms with Gasteiger partial charge in [-0.3, -0.25) is 4.79 Å². The lowest BCUT2D eigenvalue weighted by molar-refractivity contribution is -0.127. The number of piperazine rings is 1. The molecule has 8 nitrogen and oxygen atoms in total. The zero-order valence-corrected chi connectivity index (χ0v) is 15.8. The fourth-order valence-corrected chi connectivity index (χ4v) is 5.10. The lowest BCUT2D eigenvalue weighted by atomic mass is 10.3. The molecule has 1 amide bonds. The van der Waals surface area contributed by atoms with E-state index in [0.717, 1.165) is 11.7 Å². The van der Waals surface area contributed by atoms with Crippen LogP contribution in [0, 0.1) is 0 Å². The number of carbonyl (C=O) groups excluding carboxylic acids is 1. The van der Waals surface area contributed by atoms with E-state index >= 15 is 0 Å². The average molecular weight is 404 g/mol. The van der Waals surface area contributed by atoms with Gasteiger partial charge in [0.2, 0.25) is 15.9 Å². The Balaban J connectivity index is 1.45. The monoisotopic (exact) mass is 404 g/mol. The van der Waals surface area contributed by atoms with Crippen LogP contribution in [-0.2, 0) is 14.8 Å². The van der Waals surface area contributed by atoms with Gasteiger partial charge in [-0.1, -0.05) is 6.07 Å². The minimum Gasteiger partial charge on any atom is -0.465 e. The Morgan fingerprint density at radius 2 is 1.93 bits per heavy atom. The second-order valence-corrected chi connectivity index (χ2v) is 8.40. The lowest BCUT2D eigenvalue weighted by Gasteiger charge is -2.33. The van der Waals surface area contributed by atoms with Crippen LogP contribution in [0.2, 0.25) is 0 Å². The molecule has 4 rings (SSSR count). The van der Waals surface area contributed by atoms with Crippen molar-refractivity contribution in [2.75, 3.05) is 26.2 Å². The van der Waals surface area contributed by atoms with Gasteiger partial charge in [-0.05, 0) is 30.3 Å². The van der Waals surface area contributed by atoms with Crippen LogP contribution in [0.15, 0.2) is 52.0 Å². The number of rotatable bonds is 4. The standard InChI is InChI=1S/C17H16N4O4S2/c22-16(7-6-13-3-2-12-25-13)20-8-10-21(11-9-20)27(23,24)15-5-1-4-14-17(15)19-26-18-14/h1-7,12H,8-11H2/b7-6+. The number of sulfonamides is 1. The molecular formula is C17H16N4O4S2. The molecule has 1 saturated heterocycles. The molecule has 27 heavy (non-hydrogen) atoms. The van der Waals surface area contributed by atoms with Crippen LogP contribution in [0.4, 0.5) is 0 Å². The maximum atomic E-state index is 13.0. The van der Waals surface area contributed by atoms with Gasteiger partial charge in [-0.15, -0.1) is 0 Å². The number of carbonyl (C=O) groups is 1. The van der Waals surface area contributed by atoms with Crippen molar-refractivity contribution in [3.8, 4) is 0 Å². The summed E-state index contributed by atoms with van der Waals surface area (Å²) in [5, 5.41) is 0. The highest BCUT2D eigenvalue weighted by molar-refractivity contribution is 7.89. The third-order valence-electron chi connectivity index (χ3n) is 4.35. The third kappa shape index (κ3) is 3.51. The molecule has 0 spiro atoms. The van der Waals surface area contributed by atoms with Gasteiger partial charge in [0.15, 0.2) is 0 Å². The van der Waals surface area contributed by atoms with Crippen molar-refractivity contribution in [3.63, 3.8) is 0 Å². The molecule has 0 radical (unpaired) electrons. The molecule has 3 heterocycles. The highest BCUT2D eigenvalue weighted by Gasteiger charge is 2.31. The molecule has 0 atom stereocenters. The van der Waals surface area contributed by atoms with E-state index in [2.05, 4.69) is 8.75 Å². The third-order valence-corrected chi connectivity index (χ3v) is 6.82. The summed E-state index contributed by atoms with van der Waals surface area (Å²) in [6, 6.07) is 8.44. The SMILES string of the molecule is O=C(/C=C/c1ccco1)N1CCN(S(=O)(=O)c2cccc3nsnc23)CC1. The first-order valence-corrected chi connectivity index (χ1v) is 10.4. The molecule has 1 aliphatic heterocycles. The number of hydrogen-bond donors (Lipinski definition) is 0. The van der Waals surface area contributed by atoms with Gasteiger partial charge >= 0.3 is 0 Å². The summed E-state index contributed by atoms with van der Waals surface area (Å²) in [7, 11) is -3.69. The summed E-state index contributed by atoms with van der Waals surface area (Å²) in [6.45, 7) is 1.12. The number of hydrogen-bond acceptors (Lipinski definition) is 7. The summed E-state index contributed by atoms with van der Waals surface area (Å²) in [4.78, 5) is 14.1. The van der Waals surface area contributed by atoms with Crippen LogP contribution >= 0.6 is 11.7 Å². The van der Waals surface area contributed by atoms with Crippen molar-refractivity contribution in [3.05, 3.63) is 48.4 Å². The highest BCUT2D eigenvalue weighted by Crippen LogP contribution is 2.25. The topological polar surface area (TPSA) is 96.6 Å². The molecule has 0 saturated carbocycles. The van der Waals surface area contributed by atoms with E-state index in [1.165, 1.54) is 16.6 Å². The molecular weight excluding hydrogens is 388 g/mol. The van der Waals surface area contributed by atoms with E-state index in [4.69, 9.17) is 4.42 Å². The maximum absolute atomic E-state index is 13.0. The van der Waals surface area contributed by atoms with Crippen molar-refractivity contribution < 1.29 is 17.6 Å². The molecule has 10 heteroatoms. The quantitative estimate of drug-likeness (QED) is 0.616. The Hall–Kier alpha value is -2.56. The van der Waals surface area contributed by atoms with Crippen LogP contribution < -0.4 is 0 Å². The molecule has 1 aromatic carbocycles. The van der Waals surface area contributed by atoms with Crippen LogP contribution in [-0.4, -0.2) is 58.5 Å². The molecule has 3 aromatic rings. The summed E-state index contributed by atoms with van der Waals surface area (Å²) in [5.74, 6) is 0.420. The highest BCUT2D eigenvalue weighted by atomic mass is 32.2. The second kappa shape index (κ2) is 7.22. The Morgan fingerprint density at radius 3 is 2.67 bits per heavy atom. The van der Waals surface area contributed by atoms with Crippen molar-refractivity contribution >= 4 is 44.8 Å². The summed E-state index contributed by atoms with van der Waals surface area (Å²) in [5.41, 5.74) is 0.959. The normalized spacial score (nSPS) is 16.4. The van der Waals surface area contributed by atoms with Crippen molar-refractivity contribution in [1.29, 1.82) is 0 Å². The fraction of sp³-hybridized carbons (Fsp3) is 0.235. The van der Waals surface area contributed by atoms with Crippen molar-refractivity contribution in [2.24, 2.45) is 0 Å². The summed E-state index contributed by atoms with van der Waals surface area (Å²) in [6.07, 6.45) is 4.57. The van der Waals surface area contributed by atoms with Gasteiger partial charge < -0.3 is 9.32 Å². The van der Waals surface area contributed by atoms with Crippen LogP contribution in [0.1, 0.15) is 5.76 Å². The molecule has 1 aliphatic rings. The molecule has 1 fully saturated rings. The molecule has 140 valence electrons. The van der Waals surface area contributed by atoms with Gasteiger partial charge in [0, 0.05) is 32.3 Å². The van der Waals surface area contributed by atoms with Crippen molar-refractivity contribution in [1.82, 2.24) is 18.0 Å². The van der Waals surface area contributed by atoms with E-state index in [9.17, 15) is 13.2 Å². The molecule has 0 N–H and O–H groups in total. The molecule has 2 aromatic heterocycles. The first-order chi connectivity index (χ1) is 13.1. The minimum absolute atomic E-state index is 0.159. The maximum Gasteiger partial charge on any atom is 0.246 e. The predicted molar refractivity (Wildman–Crippen MR) is 100 cm³/mol. The van der Waals surface area contributed by atoms with Gasteiger partial charge in [0.05, 0.1) is 18.0 Å². The Labute approximate surface area is 160 Å². The molecule has 0 bridgehead atoms. The fourth-order valence-electron chi connectivity index (χ4n) is 2.92. The summed E-state index contributed by atoms with van der Waals surface area (Å²) >= 11 is 0.987. The zero-order chi connectivity index (χ0) is 18.9. The van der Waals surface area contributed by atoms with Gasteiger partial charge in [0.25, 0.3) is 0 Å². The van der Waals surface area contributed by atoms with E-state index < -0.39 is 10.0 Å².